The molecule has 0 aliphatic carbocycles. The molecule has 0 radical (unpaired) electrons. The van der Waals surface area contributed by atoms with Crippen molar-refractivity contribution in [3.05, 3.63) is 57.0 Å². The largest absolute Gasteiger partial charge is 0.486 e. The molecule has 110 valence electrons. The number of ether oxygens (including phenoxy) is 2. The van der Waals surface area contributed by atoms with E-state index in [0.717, 1.165) is 15.6 Å². The van der Waals surface area contributed by atoms with E-state index in [-0.39, 0.29) is 0 Å². The standard InChI is InChI=1S/C16H14BrClO3/c17-12-3-1-10(2-4-12)7-14(19)11-8-13(18)16-15(9-11)20-5-6-21-16/h1-4,8-9,14,19H,5-7H2. The monoisotopic (exact) mass is 368 g/mol. The molecule has 1 N–H and O–H groups in total. The summed E-state index contributed by atoms with van der Waals surface area (Å²) in [6.45, 7) is 0.989. The maximum atomic E-state index is 10.4. The maximum Gasteiger partial charge on any atom is 0.179 e. The van der Waals surface area contributed by atoms with Crippen LogP contribution in [-0.4, -0.2) is 18.3 Å². The zero-order valence-electron chi connectivity index (χ0n) is 11.2. The number of benzene rings is 2. The fraction of sp³-hybridized carbons (Fsp3) is 0.250. The molecular formula is C16H14BrClO3. The molecule has 5 heteroatoms. The molecule has 21 heavy (non-hydrogen) atoms. The molecule has 2 aromatic carbocycles. The Hall–Kier alpha value is -1.23. The van der Waals surface area contributed by atoms with Crippen LogP contribution in [0.2, 0.25) is 5.02 Å². The van der Waals surface area contributed by atoms with Crippen LogP contribution in [0.5, 0.6) is 11.5 Å². The van der Waals surface area contributed by atoms with E-state index in [4.69, 9.17) is 21.1 Å². The first-order valence-corrected chi connectivity index (χ1v) is 7.82. The van der Waals surface area contributed by atoms with Gasteiger partial charge < -0.3 is 14.6 Å². The van der Waals surface area contributed by atoms with Crippen LogP contribution in [0.4, 0.5) is 0 Å². The van der Waals surface area contributed by atoms with Gasteiger partial charge in [-0.15, -0.1) is 0 Å². The van der Waals surface area contributed by atoms with E-state index in [9.17, 15) is 5.11 Å². The van der Waals surface area contributed by atoms with Crippen LogP contribution in [0.1, 0.15) is 17.2 Å². The maximum absolute atomic E-state index is 10.4. The second-order valence-electron chi connectivity index (χ2n) is 4.87. The van der Waals surface area contributed by atoms with Gasteiger partial charge in [-0.25, -0.2) is 0 Å². The van der Waals surface area contributed by atoms with Gasteiger partial charge in [0.1, 0.15) is 13.2 Å². The molecule has 0 fully saturated rings. The van der Waals surface area contributed by atoms with Crippen molar-refractivity contribution in [2.45, 2.75) is 12.5 Å². The molecule has 1 aliphatic heterocycles. The molecule has 0 amide bonds. The first-order valence-electron chi connectivity index (χ1n) is 6.65. The Labute approximate surface area is 136 Å². The lowest BCUT2D eigenvalue weighted by Gasteiger charge is -2.21. The highest BCUT2D eigenvalue weighted by Gasteiger charge is 2.19. The molecular weight excluding hydrogens is 356 g/mol. The summed E-state index contributed by atoms with van der Waals surface area (Å²) < 4.78 is 12.0. The molecule has 3 rings (SSSR count). The third-order valence-electron chi connectivity index (χ3n) is 3.35. The highest BCUT2D eigenvalue weighted by Crippen LogP contribution is 2.40. The number of rotatable bonds is 3. The molecule has 3 nitrogen and oxygen atoms in total. The van der Waals surface area contributed by atoms with Crippen molar-refractivity contribution in [2.75, 3.05) is 13.2 Å². The number of hydrogen-bond acceptors (Lipinski definition) is 3. The Morgan fingerprint density at radius 2 is 1.86 bits per heavy atom. The Bertz CT molecular complexity index is 643. The lowest BCUT2D eigenvalue weighted by Crippen LogP contribution is -2.16. The van der Waals surface area contributed by atoms with Gasteiger partial charge in [-0.2, -0.15) is 0 Å². The van der Waals surface area contributed by atoms with Crippen molar-refractivity contribution in [2.24, 2.45) is 0 Å². The van der Waals surface area contributed by atoms with Crippen molar-refractivity contribution in [1.29, 1.82) is 0 Å². The van der Waals surface area contributed by atoms with Crippen LogP contribution in [0.25, 0.3) is 0 Å². The second kappa shape index (κ2) is 6.26. The summed E-state index contributed by atoms with van der Waals surface area (Å²) in [5.41, 5.74) is 1.78. The van der Waals surface area contributed by atoms with E-state index in [1.807, 2.05) is 24.3 Å². The summed E-state index contributed by atoms with van der Waals surface area (Å²) in [4.78, 5) is 0. The average molecular weight is 370 g/mol. The second-order valence-corrected chi connectivity index (χ2v) is 6.20. The highest BCUT2D eigenvalue weighted by atomic mass is 79.9. The molecule has 0 saturated heterocycles. The molecule has 1 atom stereocenters. The first-order chi connectivity index (χ1) is 10.1. The van der Waals surface area contributed by atoms with E-state index in [0.29, 0.717) is 36.2 Å². The predicted octanol–water partition coefficient (Wildman–Crippen LogP) is 4.15. The molecule has 0 aromatic heterocycles. The smallest absolute Gasteiger partial charge is 0.179 e. The van der Waals surface area contributed by atoms with Crippen LogP contribution in [0.15, 0.2) is 40.9 Å². The number of fused-ring (bicyclic) bond motifs is 1. The van der Waals surface area contributed by atoms with Crippen molar-refractivity contribution in [1.82, 2.24) is 0 Å². The van der Waals surface area contributed by atoms with Crippen molar-refractivity contribution >= 4 is 27.5 Å². The minimum atomic E-state index is -0.639. The van der Waals surface area contributed by atoms with Gasteiger partial charge in [0, 0.05) is 10.9 Å². The van der Waals surface area contributed by atoms with Crippen molar-refractivity contribution in [3.8, 4) is 11.5 Å². The minimum Gasteiger partial charge on any atom is -0.486 e. The average Bonchev–Trinajstić information content (AvgIpc) is 2.49. The summed E-state index contributed by atoms with van der Waals surface area (Å²) in [6.07, 6.45) is -0.122. The van der Waals surface area contributed by atoms with Crippen LogP contribution in [-0.2, 0) is 6.42 Å². The van der Waals surface area contributed by atoms with Gasteiger partial charge >= 0.3 is 0 Å². The molecule has 0 bridgehead atoms. The van der Waals surface area contributed by atoms with Crippen LogP contribution >= 0.6 is 27.5 Å². The van der Waals surface area contributed by atoms with E-state index >= 15 is 0 Å². The van der Waals surface area contributed by atoms with E-state index in [1.54, 1.807) is 12.1 Å². The summed E-state index contributed by atoms with van der Waals surface area (Å²) in [6, 6.07) is 11.4. The van der Waals surface area contributed by atoms with Crippen LogP contribution in [0, 0.1) is 0 Å². The number of aliphatic hydroxyl groups is 1. The van der Waals surface area contributed by atoms with Gasteiger partial charge in [0.05, 0.1) is 11.1 Å². The third kappa shape index (κ3) is 3.34. The molecule has 0 saturated carbocycles. The van der Waals surface area contributed by atoms with Crippen molar-refractivity contribution in [3.63, 3.8) is 0 Å². The van der Waals surface area contributed by atoms with Gasteiger partial charge in [0.15, 0.2) is 11.5 Å². The lowest BCUT2D eigenvalue weighted by molar-refractivity contribution is 0.164. The number of hydrogen-bond donors (Lipinski definition) is 1. The molecule has 1 heterocycles. The summed E-state index contributed by atoms with van der Waals surface area (Å²) >= 11 is 9.59. The van der Waals surface area contributed by atoms with E-state index in [2.05, 4.69) is 15.9 Å². The molecule has 1 unspecified atom stereocenters. The van der Waals surface area contributed by atoms with Gasteiger partial charge in [0.25, 0.3) is 0 Å². The predicted molar refractivity (Wildman–Crippen MR) is 85.2 cm³/mol. The SMILES string of the molecule is OC(Cc1ccc(Br)cc1)c1cc(Cl)c2c(c1)OCCO2. The minimum absolute atomic E-state index is 0.469. The zero-order valence-corrected chi connectivity index (χ0v) is 13.5. The Balaban J connectivity index is 1.82. The number of aliphatic hydroxyl groups excluding tert-OH is 1. The molecule has 1 aliphatic rings. The topological polar surface area (TPSA) is 38.7 Å². The van der Waals surface area contributed by atoms with Gasteiger partial charge in [0.2, 0.25) is 0 Å². The fourth-order valence-electron chi connectivity index (χ4n) is 2.28. The normalized spacial score (nSPS) is 14.8. The van der Waals surface area contributed by atoms with Gasteiger partial charge in [-0.3, -0.25) is 0 Å². The Morgan fingerprint density at radius 1 is 1.14 bits per heavy atom. The third-order valence-corrected chi connectivity index (χ3v) is 4.16. The first kappa shape index (κ1) is 14.7. The summed E-state index contributed by atoms with van der Waals surface area (Å²) in [5, 5.41) is 10.9. The van der Waals surface area contributed by atoms with Gasteiger partial charge in [-0.05, 0) is 35.4 Å². The Morgan fingerprint density at radius 3 is 2.62 bits per heavy atom. The Kier molecular flexibility index (Phi) is 4.38. The number of halogens is 2. The highest BCUT2D eigenvalue weighted by molar-refractivity contribution is 9.10. The van der Waals surface area contributed by atoms with E-state index in [1.165, 1.54) is 0 Å². The van der Waals surface area contributed by atoms with Crippen LogP contribution < -0.4 is 9.47 Å². The molecule has 0 spiro atoms. The fourth-order valence-corrected chi connectivity index (χ4v) is 2.82. The van der Waals surface area contributed by atoms with E-state index < -0.39 is 6.10 Å². The molecule has 2 aromatic rings. The van der Waals surface area contributed by atoms with Crippen molar-refractivity contribution < 1.29 is 14.6 Å². The zero-order chi connectivity index (χ0) is 14.8. The summed E-state index contributed by atoms with van der Waals surface area (Å²) in [5.74, 6) is 1.15. The summed E-state index contributed by atoms with van der Waals surface area (Å²) in [7, 11) is 0. The van der Waals surface area contributed by atoms with Gasteiger partial charge in [-0.1, -0.05) is 39.7 Å². The quantitative estimate of drug-likeness (QED) is 0.883. The van der Waals surface area contributed by atoms with Crippen LogP contribution in [0.3, 0.4) is 0 Å². The lowest BCUT2D eigenvalue weighted by atomic mass is 10.0.